The molecule has 2 atom stereocenters. The second kappa shape index (κ2) is 7.18. The highest BCUT2D eigenvalue weighted by Gasteiger charge is 2.52. The first-order valence-electron chi connectivity index (χ1n) is 9.00. The molecule has 0 radical (unpaired) electrons. The molecule has 0 aromatic carbocycles. The Morgan fingerprint density at radius 3 is 2.69 bits per heavy atom. The summed E-state index contributed by atoms with van der Waals surface area (Å²) in [5, 5.41) is 4.13. The van der Waals surface area contributed by atoms with Gasteiger partial charge in [-0.15, -0.1) is 11.3 Å². The molecule has 0 spiro atoms. The van der Waals surface area contributed by atoms with Crippen molar-refractivity contribution in [1.82, 2.24) is 19.5 Å². The van der Waals surface area contributed by atoms with E-state index in [0.29, 0.717) is 26.1 Å². The van der Waals surface area contributed by atoms with Crippen LogP contribution in [0.5, 0.6) is 0 Å². The Kier molecular flexibility index (Phi) is 5.45. The maximum Gasteiger partial charge on any atom is 0.228 e. The number of piperidine rings is 2. The van der Waals surface area contributed by atoms with Gasteiger partial charge in [-0.1, -0.05) is 0 Å². The highest BCUT2D eigenvalue weighted by molar-refractivity contribution is 7.88. The molecule has 0 unspecified atom stereocenters. The normalized spacial score (nSPS) is 27.9. The number of thiazole rings is 1. The Labute approximate surface area is 159 Å². The van der Waals surface area contributed by atoms with Crippen molar-refractivity contribution in [3.05, 3.63) is 15.6 Å². The molecule has 0 saturated carbocycles. The third-order valence-corrected chi connectivity index (χ3v) is 8.16. The van der Waals surface area contributed by atoms with E-state index in [9.17, 15) is 13.2 Å². The fourth-order valence-corrected chi connectivity index (χ4v) is 6.07. The summed E-state index contributed by atoms with van der Waals surface area (Å²) in [5.41, 5.74) is 0.455. The Morgan fingerprint density at radius 2 is 2.08 bits per heavy atom. The summed E-state index contributed by atoms with van der Waals surface area (Å²) in [6, 6.07) is -0.0796. The molecule has 1 amide bonds. The number of carbonyl (C=O) groups is 1. The van der Waals surface area contributed by atoms with Gasteiger partial charge in [-0.2, -0.15) is 0 Å². The average Bonchev–Trinajstić information content (AvgIpc) is 2.89. The molecule has 2 fully saturated rings. The van der Waals surface area contributed by atoms with Crippen LogP contribution in [0.15, 0.2) is 0 Å². The van der Waals surface area contributed by atoms with Crippen LogP contribution in [0.3, 0.4) is 0 Å². The van der Waals surface area contributed by atoms with Crippen LogP contribution in [-0.2, 0) is 21.4 Å². The molecular formula is C17H28N4O3S2. The van der Waals surface area contributed by atoms with E-state index < -0.39 is 15.4 Å². The number of fused-ring (bicyclic) bond motifs is 1. The number of amides is 1. The van der Waals surface area contributed by atoms with Crippen molar-refractivity contribution in [2.24, 2.45) is 5.41 Å². The largest absolute Gasteiger partial charge is 0.351 e. The van der Waals surface area contributed by atoms with Gasteiger partial charge >= 0.3 is 0 Å². The molecule has 0 bridgehead atoms. The number of carbonyl (C=O) groups excluding carboxylic acids is 1. The fourth-order valence-electron chi connectivity index (χ4n) is 4.36. The molecular weight excluding hydrogens is 372 g/mol. The van der Waals surface area contributed by atoms with Crippen molar-refractivity contribution in [3.8, 4) is 0 Å². The molecule has 2 aliphatic heterocycles. The van der Waals surface area contributed by atoms with E-state index in [1.165, 1.54) is 10.6 Å². The van der Waals surface area contributed by atoms with E-state index in [-0.39, 0.29) is 11.9 Å². The number of likely N-dealkylation sites (tertiary alicyclic amines) is 1. The average molecular weight is 401 g/mol. The first-order valence-corrected chi connectivity index (χ1v) is 11.7. The minimum Gasteiger partial charge on any atom is -0.351 e. The first kappa shape index (κ1) is 19.7. The van der Waals surface area contributed by atoms with Gasteiger partial charge in [0.2, 0.25) is 15.9 Å². The van der Waals surface area contributed by atoms with Crippen molar-refractivity contribution < 1.29 is 13.2 Å². The highest BCUT2D eigenvalue weighted by Crippen LogP contribution is 2.42. The maximum absolute atomic E-state index is 13.2. The Bertz CT molecular complexity index is 792. The molecule has 1 N–H and O–H groups in total. The zero-order valence-corrected chi connectivity index (χ0v) is 17.5. The van der Waals surface area contributed by atoms with Crippen molar-refractivity contribution >= 4 is 27.3 Å². The molecule has 2 aliphatic rings. The summed E-state index contributed by atoms with van der Waals surface area (Å²) in [4.78, 5) is 20.9. The van der Waals surface area contributed by atoms with Crippen LogP contribution >= 0.6 is 11.3 Å². The second-order valence-corrected chi connectivity index (χ2v) is 10.8. The van der Waals surface area contributed by atoms with Crippen LogP contribution < -0.4 is 5.32 Å². The lowest BCUT2D eigenvalue weighted by atomic mass is 9.68. The number of aryl methyl sites for hydroxylation is 2. The third kappa shape index (κ3) is 3.67. The van der Waals surface area contributed by atoms with Gasteiger partial charge in [0.05, 0.1) is 28.9 Å². The number of nitrogens with one attached hydrogen (secondary N) is 1. The van der Waals surface area contributed by atoms with Crippen molar-refractivity contribution in [1.29, 1.82) is 0 Å². The highest BCUT2D eigenvalue weighted by atomic mass is 32.2. The van der Waals surface area contributed by atoms with Crippen LogP contribution in [0.1, 0.15) is 34.8 Å². The summed E-state index contributed by atoms with van der Waals surface area (Å²) >= 11 is 1.61. The molecule has 3 heterocycles. The number of hydrogen-bond donors (Lipinski definition) is 1. The number of sulfonamides is 1. The van der Waals surface area contributed by atoms with Gasteiger partial charge in [0.25, 0.3) is 0 Å². The predicted molar refractivity (Wildman–Crippen MR) is 103 cm³/mol. The molecule has 146 valence electrons. The zero-order valence-electron chi connectivity index (χ0n) is 15.9. The van der Waals surface area contributed by atoms with Crippen LogP contribution in [0, 0.1) is 19.3 Å². The Balaban J connectivity index is 1.78. The minimum atomic E-state index is -3.24. The first-order chi connectivity index (χ1) is 12.1. The lowest BCUT2D eigenvalue weighted by Gasteiger charge is -2.52. The van der Waals surface area contributed by atoms with E-state index in [2.05, 4.69) is 15.2 Å². The summed E-state index contributed by atoms with van der Waals surface area (Å²) in [6.07, 6.45) is 3.59. The number of likely N-dealkylation sites (N-methyl/N-ethyl adjacent to an activating group) is 1. The summed E-state index contributed by atoms with van der Waals surface area (Å²) in [6.45, 7) is 6.12. The molecule has 1 aromatic heterocycles. The predicted octanol–water partition coefficient (Wildman–Crippen LogP) is 1.12. The fraction of sp³-hybridized carbons (Fsp3) is 0.765. The third-order valence-electron chi connectivity index (χ3n) is 5.82. The maximum atomic E-state index is 13.2. The minimum absolute atomic E-state index is 0.0488. The van der Waals surface area contributed by atoms with Gasteiger partial charge in [-0.3, -0.25) is 4.79 Å². The SMILES string of the molecule is Cc1nc(C)c(CNC(=O)[C@@]23CCCN(C)[C@H]2CN(S(C)(=O)=O)CC3)s1. The molecule has 7 nitrogen and oxygen atoms in total. The van der Waals surface area contributed by atoms with E-state index in [4.69, 9.17) is 0 Å². The molecule has 9 heteroatoms. The van der Waals surface area contributed by atoms with E-state index in [1.807, 2.05) is 20.9 Å². The molecule has 3 rings (SSSR count). The van der Waals surface area contributed by atoms with Gasteiger partial charge < -0.3 is 10.2 Å². The van der Waals surface area contributed by atoms with Gasteiger partial charge in [0.15, 0.2) is 0 Å². The van der Waals surface area contributed by atoms with Crippen LogP contribution in [0.25, 0.3) is 0 Å². The molecule has 26 heavy (non-hydrogen) atoms. The smallest absolute Gasteiger partial charge is 0.228 e. The number of rotatable bonds is 4. The number of hydrogen-bond acceptors (Lipinski definition) is 6. The van der Waals surface area contributed by atoms with Gasteiger partial charge in [0.1, 0.15) is 0 Å². The van der Waals surface area contributed by atoms with Crippen LogP contribution in [-0.4, -0.2) is 67.5 Å². The quantitative estimate of drug-likeness (QED) is 0.819. The van der Waals surface area contributed by atoms with Gasteiger partial charge in [-0.25, -0.2) is 17.7 Å². The van der Waals surface area contributed by atoms with E-state index in [1.54, 1.807) is 11.3 Å². The van der Waals surface area contributed by atoms with Crippen molar-refractivity contribution in [3.63, 3.8) is 0 Å². The summed E-state index contributed by atoms with van der Waals surface area (Å²) in [5.74, 6) is 0.0488. The summed E-state index contributed by atoms with van der Waals surface area (Å²) in [7, 11) is -1.25. The van der Waals surface area contributed by atoms with Gasteiger partial charge in [0, 0.05) is 24.0 Å². The second-order valence-electron chi connectivity index (χ2n) is 7.55. The molecule has 0 aliphatic carbocycles. The van der Waals surface area contributed by atoms with Crippen LogP contribution in [0.2, 0.25) is 0 Å². The van der Waals surface area contributed by atoms with Crippen LogP contribution in [0.4, 0.5) is 0 Å². The number of nitrogens with zero attached hydrogens (tertiary/aromatic N) is 3. The monoisotopic (exact) mass is 400 g/mol. The van der Waals surface area contributed by atoms with Crippen molar-refractivity contribution in [2.75, 3.05) is 32.9 Å². The van der Waals surface area contributed by atoms with E-state index in [0.717, 1.165) is 35.0 Å². The Hall–Kier alpha value is -1.03. The lowest BCUT2D eigenvalue weighted by molar-refractivity contribution is -0.142. The molecule has 1 aromatic rings. The Morgan fingerprint density at radius 1 is 1.35 bits per heavy atom. The topological polar surface area (TPSA) is 82.6 Å². The van der Waals surface area contributed by atoms with E-state index >= 15 is 0 Å². The molecule has 2 saturated heterocycles. The lowest BCUT2D eigenvalue weighted by Crippen LogP contribution is -2.65. The summed E-state index contributed by atoms with van der Waals surface area (Å²) < 4.78 is 25.5. The zero-order chi connectivity index (χ0) is 19.1. The standard InChI is InChI=1S/C17H28N4O3S2/c1-12-14(25-13(2)19-12)10-18-16(22)17-6-5-8-20(3)15(17)11-21(9-7-17)26(4,23)24/h15H,5-11H2,1-4H3,(H,18,22)/t15-,17+/m0/s1. The van der Waals surface area contributed by atoms with Crippen molar-refractivity contribution in [2.45, 2.75) is 45.7 Å². The van der Waals surface area contributed by atoms with Gasteiger partial charge in [-0.05, 0) is 46.7 Å². The number of aromatic nitrogens is 1.